The lowest BCUT2D eigenvalue weighted by atomic mass is 10.1. The van der Waals surface area contributed by atoms with Crippen molar-refractivity contribution >= 4 is 51.7 Å². The smallest absolute Gasteiger partial charge is 0.253 e. The van der Waals surface area contributed by atoms with Crippen LogP contribution in [0.2, 0.25) is 0 Å². The van der Waals surface area contributed by atoms with Gasteiger partial charge in [0.1, 0.15) is 0 Å². The van der Waals surface area contributed by atoms with Crippen molar-refractivity contribution in [2.75, 3.05) is 5.32 Å². The van der Waals surface area contributed by atoms with Gasteiger partial charge in [-0.2, -0.15) is 5.10 Å². The summed E-state index contributed by atoms with van der Waals surface area (Å²) in [5.74, 6) is 0.583. The number of anilines is 1. The number of carbonyl (C=O) groups excluding carboxylic acids is 1. The summed E-state index contributed by atoms with van der Waals surface area (Å²) in [5, 5.41) is 16.9. The van der Waals surface area contributed by atoms with Crippen molar-refractivity contribution in [3.63, 3.8) is 0 Å². The molecule has 2 N–H and O–H groups in total. The Bertz CT molecular complexity index is 1330. The molecule has 0 fully saturated rings. The van der Waals surface area contributed by atoms with E-state index in [0.29, 0.717) is 18.1 Å². The van der Waals surface area contributed by atoms with E-state index in [1.807, 2.05) is 79.1 Å². The van der Waals surface area contributed by atoms with Gasteiger partial charge in [0.25, 0.3) is 5.91 Å². The third kappa shape index (κ3) is 7.65. The fraction of sp³-hybridized carbons (Fsp3) is 0.214. The van der Waals surface area contributed by atoms with Gasteiger partial charge in [-0.25, -0.2) is 5.43 Å². The van der Waals surface area contributed by atoms with E-state index >= 15 is 0 Å². The molecular weight excluding hydrogens is 595 g/mol. The number of hydrazone groups is 1. The summed E-state index contributed by atoms with van der Waals surface area (Å²) in [4.78, 5) is 12.9. The van der Waals surface area contributed by atoms with E-state index in [0.717, 1.165) is 29.3 Å². The van der Waals surface area contributed by atoms with Gasteiger partial charge >= 0.3 is 0 Å². The van der Waals surface area contributed by atoms with E-state index in [-0.39, 0.29) is 5.91 Å². The SMILES string of the molecule is CCC(Cc1ccccc1)=NNC(=O)[C@@H](C)Sc1nnc(CNc2ccc(I)cc2)n1-c1ccccc1. The lowest BCUT2D eigenvalue weighted by molar-refractivity contribution is -0.120. The standard InChI is InChI=1S/C28H29IN6OS/c1-3-23(18-21-10-6-4-7-11-21)31-33-27(36)20(2)37-28-34-32-26(35(28)25-12-8-5-9-13-25)19-30-24-16-14-22(29)15-17-24/h4-17,20,30H,3,18-19H2,1-2H3,(H,33,36)/t20-/m1/s1. The van der Waals surface area contributed by atoms with Crippen molar-refractivity contribution in [1.82, 2.24) is 20.2 Å². The molecule has 0 spiro atoms. The Morgan fingerprint density at radius 1 is 1.00 bits per heavy atom. The van der Waals surface area contributed by atoms with Gasteiger partial charge in [-0.05, 0) is 77.9 Å². The van der Waals surface area contributed by atoms with Crippen molar-refractivity contribution in [1.29, 1.82) is 0 Å². The van der Waals surface area contributed by atoms with Gasteiger partial charge in [0.15, 0.2) is 11.0 Å². The first-order valence-corrected chi connectivity index (χ1v) is 14.0. The average molecular weight is 625 g/mol. The second-order valence-electron chi connectivity index (χ2n) is 8.36. The van der Waals surface area contributed by atoms with Gasteiger partial charge in [-0.1, -0.05) is 67.2 Å². The highest BCUT2D eigenvalue weighted by Crippen LogP contribution is 2.26. The molecule has 7 nitrogen and oxygen atoms in total. The maximum absolute atomic E-state index is 12.9. The largest absolute Gasteiger partial charge is 0.378 e. The van der Waals surface area contributed by atoms with E-state index in [2.05, 4.69) is 72.9 Å². The lowest BCUT2D eigenvalue weighted by Crippen LogP contribution is -2.28. The van der Waals surface area contributed by atoms with Gasteiger partial charge in [-0.3, -0.25) is 9.36 Å². The van der Waals surface area contributed by atoms with Crippen LogP contribution >= 0.6 is 34.4 Å². The first-order chi connectivity index (χ1) is 18.0. The summed E-state index contributed by atoms with van der Waals surface area (Å²) in [7, 11) is 0. The molecule has 4 rings (SSSR count). The van der Waals surface area contributed by atoms with Crippen molar-refractivity contribution in [2.24, 2.45) is 5.10 Å². The second kappa shape index (κ2) is 13.4. The van der Waals surface area contributed by atoms with Crippen molar-refractivity contribution in [3.05, 3.63) is 99.9 Å². The zero-order chi connectivity index (χ0) is 26.0. The molecule has 0 aliphatic carbocycles. The molecule has 1 amide bonds. The zero-order valence-corrected chi connectivity index (χ0v) is 23.7. The summed E-state index contributed by atoms with van der Waals surface area (Å²) in [6, 6.07) is 28.3. The molecule has 3 aromatic carbocycles. The Hall–Kier alpha value is -3.18. The number of amides is 1. The first kappa shape index (κ1) is 26.9. The monoisotopic (exact) mass is 624 g/mol. The van der Waals surface area contributed by atoms with Crippen molar-refractivity contribution in [3.8, 4) is 5.69 Å². The third-order valence-electron chi connectivity index (χ3n) is 5.64. The predicted molar refractivity (Wildman–Crippen MR) is 159 cm³/mol. The summed E-state index contributed by atoms with van der Waals surface area (Å²) >= 11 is 3.65. The maximum atomic E-state index is 12.9. The first-order valence-electron chi connectivity index (χ1n) is 12.1. The molecule has 4 aromatic rings. The molecular formula is C28H29IN6OS. The minimum Gasteiger partial charge on any atom is -0.378 e. The summed E-state index contributed by atoms with van der Waals surface area (Å²) in [6.45, 7) is 4.39. The van der Waals surface area contributed by atoms with Crippen molar-refractivity contribution in [2.45, 2.75) is 43.6 Å². The number of hydrogen-bond donors (Lipinski definition) is 2. The molecule has 0 saturated heterocycles. The van der Waals surface area contributed by atoms with Gasteiger partial charge < -0.3 is 5.32 Å². The number of nitrogens with one attached hydrogen (secondary N) is 2. The van der Waals surface area contributed by atoms with Crippen LogP contribution in [0.25, 0.3) is 5.69 Å². The van der Waals surface area contributed by atoms with E-state index in [1.165, 1.54) is 20.9 Å². The van der Waals surface area contributed by atoms with E-state index in [9.17, 15) is 4.79 Å². The molecule has 1 atom stereocenters. The fourth-order valence-electron chi connectivity index (χ4n) is 3.59. The molecule has 190 valence electrons. The van der Waals surface area contributed by atoms with Crippen LogP contribution in [-0.4, -0.2) is 31.6 Å². The fourth-order valence-corrected chi connectivity index (χ4v) is 4.83. The summed E-state index contributed by atoms with van der Waals surface area (Å²) in [5.41, 5.74) is 6.79. The molecule has 1 aromatic heterocycles. The van der Waals surface area contributed by atoms with Crippen LogP contribution < -0.4 is 10.7 Å². The van der Waals surface area contributed by atoms with Crippen LogP contribution in [0, 0.1) is 3.57 Å². The maximum Gasteiger partial charge on any atom is 0.253 e. The molecule has 0 aliphatic rings. The topological polar surface area (TPSA) is 84.2 Å². The van der Waals surface area contributed by atoms with Crippen LogP contribution in [0.4, 0.5) is 5.69 Å². The van der Waals surface area contributed by atoms with E-state index in [1.54, 1.807) is 0 Å². The summed E-state index contributed by atoms with van der Waals surface area (Å²) in [6.07, 6.45) is 1.47. The van der Waals surface area contributed by atoms with Gasteiger partial charge in [-0.15, -0.1) is 10.2 Å². The van der Waals surface area contributed by atoms with Gasteiger partial charge in [0, 0.05) is 27.1 Å². The molecule has 37 heavy (non-hydrogen) atoms. The number of carbonyl (C=O) groups is 1. The number of para-hydroxylation sites is 1. The molecule has 0 unspecified atom stereocenters. The number of hydrogen-bond acceptors (Lipinski definition) is 6. The number of halogens is 1. The van der Waals surface area contributed by atoms with Crippen LogP contribution in [0.5, 0.6) is 0 Å². The molecule has 0 radical (unpaired) electrons. The molecule has 0 aliphatic heterocycles. The third-order valence-corrected chi connectivity index (χ3v) is 7.41. The van der Waals surface area contributed by atoms with Gasteiger partial charge in [0.05, 0.1) is 11.8 Å². The van der Waals surface area contributed by atoms with E-state index in [4.69, 9.17) is 0 Å². The average Bonchev–Trinajstić information content (AvgIpc) is 3.33. The Morgan fingerprint density at radius 3 is 2.35 bits per heavy atom. The minimum absolute atomic E-state index is 0.176. The van der Waals surface area contributed by atoms with E-state index < -0.39 is 5.25 Å². The number of rotatable bonds is 11. The highest BCUT2D eigenvalue weighted by atomic mass is 127. The quantitative estimate of drug-likeness (QED) is 0.0914. The number of thioether (sulfide) groups is 1. The Balaban J connectivity index is 1.46. The number of aromatic nitrogens is 3. The predicted octanol–water partition coefficient (Wildman–Crippen LogP) is 6.09. The zero-order valence-electron chi connectivity index (χ0n) is 20.8. The summed E-state index contributed by atoms with van der Waals surface area (Å²) < 4.78 is 3.17. The van der Waals surface area contributed by atoms with Crippen LogP contribution in [0.15, 0.2) is 95.2 Å². The number of nitrogens with zero attached hydrogens (tertiary/aromatic N) is 4. The lowest BCUT2D eigenvalue weighted by Gasteiger charge is -2.14. The molecule has 0 bridgehead atoms. The molecule has 1 heterocycles. The molecule has 0 saturated carbocycles. The van der Waals surface area contributed by atoms with Crippen LogP contribution in [0.1, 0.15) is 31.7 Å². The van der Waals surface area contributed by atoms with Gasteiger partial charge in [0.2, 0.25) is 0 Å². The highest BCUT2D eigenvalue weighted by Gasteiger charge is 2.21. The normalized spacial score (nSPS) is 12.2. The van der Waals surface area contributed by atoms with Crippen molar-refractivity contribution < 1.29 is 4.79 Å². The molecule has 9 heteroatoms. The Morgan fingerprint density at radius 2 is 1.68 bits per heavy atom. The highest BCUT2D eigenvalue weighted by molar-refractivity contribution is 14.1. The Labute approximate surface area is 235 Å². The Kier molecular flexibility index (Phi) is 9.72. The van der Waals surface area contributed by atoms with Crippen LogP contribution in [0.3, 0.4) is 0 Å². The number of benzene rings is 3. The van der Waals surface area contributed by atoms with Crippen LogP contribution in [-0.2, 0) is 17.8 Å². The minimum atomic E-state index is -0.415. The second-order valence-corrected chi connectivity index (χ2v) is 10.9.